The predicted molar refractivity (Wildman–Crippen MR) is 78.3 cm³/mol. The summed E-state index contributed by atoms with van der Waals surface area (Å²) in [5, 5.41) is 12.3. The molecule has 1 aromatic carbocycles. The van der Waals surface area contributed by atoms with E-state index in [1.807, 2.05) is 24.3 Å². The van der Waals surface area contributed by atoms with E-state index < -0.39 is 6.10 Å². The number of hydrogen-bond donors (Lipinski definition) is 1. The molecule has 0 aliphatic rings. The minimum Gasteiger partial charge on any atom is -0.496 e. The molecule has 0 bridgehead atoms. The topological polar surface area (TPSA) is 29.5 Å². The first kappa shape index (κ1) is 13.6. The summed E-state index contributed by atoms with van der Waals surface area (Å²) in [5.74, 6) is 0.733. The van der Waals surface area contributed by atoms with Crippen molar-refractivity contribution in [2.24, 2.45) is 0 Å². The van der Waals surface area contributed by atoms with Crippen molar-refractivity contribution >= 4 is 27.3 Å². The Kier molecular flexibility index (Phi) is 4.80. The van der Waals surface area contributed by atoms with Crippen LogP contribution in [0.3, 0.4) is 0 Å². The second-order valence-electron chi connectivity index (χ2n) is 4.02. The van der Waals surface area contributed by atoms with Crippen LogP contribution in [0.1, 0.15) is 23.0 Å². The van der Waals surface area contributed by atoms with Crippen LogP contribution >= 0.6 is 27.3 Å². The molecule has 0 saturated heterocycles. The fourth-order valence-corrected chi connectivity index (χ4v) is 2.96. The number of aliphatic hydroxyl groups excluding tert-OH is 1. The average molecular weight is 327 g/mol. The maximum atomic E-state index is 10.3. The van der Waals surface area contributed by atoms with Gasteiger partial charge in [-0.05, 0) is 42.5 Å². The van der Waals surface area contributed by atoms with Gasteiger partial charge < -0.3 is 9.84 Å². The lowest BCUT2D eigenvalue weighted by Gasteiger charge is -2.14. The summed E-state index contributed by atoms with van der Waals surface area (Å²) in [6.45, 7) is 0. The van der Waals surface area contributed by atoms with Crippen molar-refractivity contribution in [3.8, 4) is 5.75 Å². The minimum atomic E-state index is -0.500. The lowest BCUT2D eigenvalue weighted by atomic mass is 10.0. The van der Waals surface area contributed by atoms with Gasteiger partial charge in [-0.1, -0.05) is 22.0 Å². The molecule has 0 saturated carbocycles. The van der Waals surface area contributed by atoms with Crippen molar-refractivity contribution in [2.45, 2.75) is 18.9 Å². The van der Waals surface area contributed by atoms with Crippen LogP contribution in [0.15, 0.2) is 40.2 Å². The van der Waals surface area contributed by atoms with Crippen molar-refractivity contribution in [1.82, 2.24) is 0 Å². The van der Waals surface area contributed by atoms with Gasteiger partial charge in [-0.25, -0.2) is 0 Å². The van der Waals surface area contributed by atoms with E-state index >= 15 is 0 Å². The molecular formula is C14H15BrO2S. The summed E-state index contributed by atoms with van der Waals surface area (Å²) >= 11 is 5.14. The summed E-state index contributed by atoms with van der Waals surface area (Å²) in [7, 11) is 1.62. The Morgan fingerprint density at radius 1 is 1.39 bits per heavy atom. The molecule has 18 heavy (non-hydrogen) atoms. The first-order chi connectivity index (χ1) is 8.70. The number of halogens is 1. The Balaban J connectivity index is 2.08. The molecule has 1 N–H and O–H groups in total. The molecule has 2 aromatic rings. The third-order valence-corrected chi connectivity index (χ3v) is 4.22. The molecule has 1 unspecified atom stereocenters. The number of aryl methyl sites for hydroxylation is 1. The van der Waals surface area contributed by atoms with Gasteiger partial charge in [-0.15, -0.1) is 11.3 Å². The summed E-state index contributed by atoms with van der Waals surface area (Å²) < 4.78 is 6.23. The molecule has 0 aliphatic heterocycles. The quantitative estimate of drug-likeness (QED) is 0.892. The van der Waals surface area contributed by atoms with Crippen molar-refractivity contribution in [3.05, 3.63) is 50.6 Å². The number of benzene rings is 1. The molecule has 0 radical (unpaired) electrons. The van der Waals surface area contributed by atoms with Crippen LogP contribution in [-0.4, -0.2) is 12.2 Å². The van der Waals surface area contributed by atoms with Gasteiger partial charge in [0.1, 0.15) is 5.75 Å². The first-order valence-corrected chi connectivity index (χ1v) is 7.42. The highest BCUT2D eigenvalue weighted by molar-refractivity contribution is 9.10. The Morgan fingerprint density at radius 2 is 2.22 bits per heavy atom. The van der Waals surface area contributed by atoms with E-state index in [4.69, 9.17) is 4.74 Å². The van der Waals surface area contributed by atoms with E-state index in [0.29, 0.717) is 6.42 Å². The highest BCUT2D eigenvalue weighted by atomic mass is 79.9. The van der Waals surface area contributed by atoms with Gasteiger partial charge in [0.2, 0.25) is 0 Å². The van der Waals surface area contributed by atoms with Gasteiger partial charge in [-0.2, -0.15) is 0 Å². The number of ether oxygens (including phenoxy) is 1. The fraction of sp³-hybridized carbons (Fsp3) is 0.286. The highest BCUT2D eigenvalue weighted by Crippen LogP contribution is 2.31. The predicted octanol–water partition coefficient (Wildman–Crippen LogP) is 4.19. The second kappa shape index (κ2) is 6.36. The van der Waals surface area contributed by atoms with Crippen LogP contribution in [0, 0.1) is 0 Å². The molecular weight excluding hydrogens is 312 g/mol. The second-order valence-corrected chi connectivity index (χ2v) is 5.97. The maximum absolute atomic E-state index is 10.3. The minimum absolute atomic E-state index is 0.500. The highest BCUT2D eigenvalue weighted by Gasteiger charge is 2.14. The summed E-state index contributed by atoms with van der Waals surface area (Å²) in [5.41, 5.74) is 0.837. The van der Waals surface area contributed by atoms with E-state index in [-0.39, 0.29) is 0 Å². The van der Waals surface area contributed by atoms with E-state index in [0.717, 1.165) is 22.2 Å². The Bertz CT molecular complexity index is 497. The largest absolute Gasteiger partial charge is 0.496 e. The van der Waals surface area contributed by atoms with Crippen LogP contribution in [-0.2, 0) is 6.42 Å². The molecule has 0 amide bonds. The van der Waals surface area contributed by atoms with Gasteiger partial charge in [-0.3, -0.25) is 0 Å². The molecule has 96 valence electrons. The molecule has 2 nitrogen and oxygen atoms in total. The molecule has 1 atom stereocenters. The molecule has 2 rings (SSSR count). The number of methoxy groups -OCH3 is 1. The van der Waals surface area contributed by atoms with Crippen LogP contribution in [0.4, 0.5) is 0 Å². The third-order valence-electron chi connectivity index (χ3n) is 2.80. The monoisotopic (exact) mass is 326 g/mol. The standard InChI is InChI=1S/C14H15BrO2S/c1-17-14-7-4-10(15)9-12(14)13(16)6-5-11-3-2-8-18-11/h2-4,7-9,13,16H,5-6H2,1H3. The van der Waals surface area contributed by atoms with Gasteiger partial charge in [0, 0.05) is 14.9 Å². The summed E-state index contributed by atoms with van der Waals surface area (Å²) in [6, 6.07) is 9.82. The zero-order valence-corrected chi connectivity index (χ0v) is 12.5. The van der Waals surface area contributed by atoms with Crippen LogP contribution in [0.25, 0.3) is 0 Å². The normalized spacial score (nSPS) is 12.4. The summed E-state index contributed by atoms with van der Waals surface area (Å²) in [4.78, 5) is 1.29. The molecule has 0 fully saturated rings. The molecule has 0 spiro atoms. The van der Waals surface area contributed by atoms with Crippen molar-refractivity contribution in [2.75, 3.05) is 7.11 Å². The van der Waals surface area contributed by atoms with Crippen molar-refractivity contribution in [3.63, 3.8) is 0 Å². The third kappa shape index (κ3) is 3.34. The van der Waals surface area contributed by atoms with Crippen LogP contribution < -0.4 is 4.74 Å². The first-order valence-electron chi connectivity index (χ1n) is 5.74. The van der Waals surface area contributed by atoms with Crippen LogP contribution in [0.5, 0.6) is 5.75 Å². The smallest absolute Gasteiger partial charge is 0.124 e. The number of rotatable bonds is 5. The maximum Gasteiger partial charge on any atom is 0.124 e. The molecule has 4 heteroatoms. The Hall–Kier alpha value is -0.840. The molecule has 0 aliphatic carbocycles. The lowest BCUT2D eigenvalue weighted by Crippen LogP contribution is -2.02. The van der Waals surface area contributed by atoms with Gasteiger partial charge in [0.25, 0.3) is 0 Å². The zero-order valence-electron chi connectivity index (χ0n) is 10.1. The van der Waals surface area contributed by atoms with Gasteiger partial charge >= 0.3 is 0 Å². The van der Waals surface area contributed by atoms with Gasteiger partial charge in [0.05, 0.1) is 13.2 Å². The van der Waals surface area contributed by atoms with Crippen LogP contribution in [0.2, 0.25) is 0 Å². The SMILES string of the molecule is COc1ccc(Br)cc1C(O)CCc1cccs1. The van der Waals surface area contributed by atoms with Crippen molar-refractivity contribution in [1.29, 1.82) is 0 Å². The fourth-order valence-electron chi connectivity index (χ4n) is 1.85. The molecule has 1 heterocycles. The number of thiophene rings is 1. The lowest BCUT2D eigenvalue weighted by molar-refractivity contribution is 0.164. The van der Waals surface area contributed by atoms with Crippen molar-refractivity contribution < 1.29 is 9.84 Å². The van der Waals surface area contributed by atoms with Gasteiger partial charge in [0.15, 0.2) is 0 Å². The van der Waals surface area contributed by atoms with E-state index in [1.165, 1.54) is 4.88 Å². The molecule has 1 aromatic heterocycles. The van der Waals surface area contributed by atoms with E-state index in [9.17, 15) is 5.11 Å². The van der Waals surface area contributed by atoms with E-state index in [2.05, 4.69) is 27.4 Å². The number of hydrogen-bond acceptors (Lipinski definition) is 3. The average Bonchev–Trinajstić information content (AvgIpc) is 2.89. The Labute approximate surface area is 119 Å². The zero-order chi connectivity index (χ0) is 13.0. The summed E-state index contributed by atoms with van der Waals surface area (Å²) in [6.07, 6.45) is 1.08. The Morgan fingerprint density at radius 3 is 2.89 bits per heavy atom. The van der Waals surface area contributed by atoms with E-state index in [1.54, 1.807) is 18.4 Å². The number of aliphatic hydroxyl groups is 1.